The minimum absolute atomic E-state index is 0.169. The van der Waals surface area contributed by atoms with Crippen molar-refractivity contribution in [3.05, 3.63) is 65.2 Å². The maximum absolute atomic E-state index is 12.6. The van der Waals surface area contributed by atoms with Gasteiger partial charge in [-0.15, -0.1) is 15.3 Å². The van der Waals surface area contributed by atoms with Crippen LogP contribution in [-0.4, -0.2) is 56.0 Å². The van der Waals surface area contributed by atoms with E-state index in [2.05, 4.69) is 25.7 Å². The molecule has 4 heterocycles. The number of hydrogen-bond acceptors (Lipinski definition) is 8. The molecule has 10 heteroatoms. The number of hydrogen-bond donors (Lipinski definition) is 1. The van der Waals surface area contributed by atoms with E-state index in [0.717, 1.165) is 11.3 Å². The van der Waals surface area contributed by atoms with Gasteiger partial charge in [-0.3, -0.25) is 4.79 Å². The van der Waals surface area contributed by atoms with Crippen LogP contribution in [0.3, 0.4) is 0 Å². The molecule has 0 spiro atoms. The highest BCUT2D eigenvalue weighted by atomic mass is 16.5. The van der Waals surface area contributed by atoms with Crippen molar-refractivity contribution in [1.82, 2.24) is 29.6 Å². The molecule has 0 amide bonds. The minimum Gasteiger partial charge on any atom is -0.497 e. The van der Waals surface area contributed by atoms with E-state index < -0.39 is 0 Å². The van der Waals surface area contributed by atoms with E-state index in [4.69, 9.17) is 9.47 Å². The largest absolute Gasteiger partial charge is 0.497 e. The third-order valence-corrected chi connectivity index (χ3v) is 5.05. The van der Waals surface area contributed by atoms with Gasteiger partial charge in [-0.25, -0.2) is 4.68 Å². The Labute approximate surface area is 171 Å². The van der Waals surface area contributed by atoms with E-state index in [9.17, 15) is 4.79 Å². The van der Waals surface area contributed by atoms with Gasteiger partial charge < -0.3 is 14.8 Å². The zero-order valence-corrected chi connectivity index (χ0v) is 16.2. The number of nitrogens with zero attached hydrogens (tertiary/aromatic N) is 6. The SMILES string of the molecule is COc1cccc(-c2ccc(=O)n(C3COCC3Nc3ccc4nncn4n3)n2)c1. The van der Waals surface area contributed by atoms with Gasteiger partial charge in [0.1, 0.15) is 23.9 Å². The maximum Gasteiger partial charge on any atom is 0.267 e. The Morgan fingerprint density at radius 3 is 2.97 bits per heavy atom. The Bertz CT molecular complexity index is 1250. The molecule has 1 aromatic carbocycles. The Morgan fingerprint density at radius 2 is 2.07 bits per heavy atom. The van der Waals surface area contributed by atoms with Crippen LogP contribution in [0, 0.1) is 0 Å². The van der Waals surface area contributed by atoms with E-state index in [0.29, 0.717) is 30.4 Å². The zero-order valence-electron chi connectivity index (χ0n) is 16.2. The molecule has 4 aromatic rings. The van der Waals surface area contributed by atoms with Gasteiger partial charge >= 0.3 is 0 Å². The van der Waals surface area contributed by atoms with Crippen molar-refractivity contribution in [3.63, 3.8) is 0 Å². The Morgan fingerprint density at radius 1 is 1.13 bits per heavy atom. The van der Waals surface area contributed by atoms with Crippen LogP contribution in [0.25, 0.3) is 16.9 Å². The van der Waals surface area contributed by atoms with E-state index in [1.54, 1.807) is 17.7 Å². The number of fused-ring (bicyclic) bond motifs is 1. The Hall–Kier alpha value is -3.79. The van der Waals surface area contributed by atoms with Crippen molar-refractivity contribution in [3.8, 4) is 17.0 Å². The highest BCUT2D eigenvalue weighted by Crippen LogP contribution is 2.24. The number of methoxy groups -OCH3 is 1. The molecule has 1 aliphatic heterocycles. The Kier molecular flexibility index (Phi) is 4.60. The van der Waals surface area contributed by atoms with Crippen LogP contribution in [0.1, 0.15) is 6.04 Å². The average molecular weight is 405 g/mol. The molecule has 2 atom stereocenters. The summed E-state index contributed by atoms with van der Waals surface area (Å²) in [5.41, 5.74) is 2.02. The van der Waals surface area contributed by atoms with Gasteiger partial charge in [-0.05, 0) is 30.3 Å². The number of ether oxygens (including phenoxy) is 2. The average Bonchev–Trinajstić information content (AvgIpc) is 3.43. The summed E-state index contributed by atoms with van der Waals surface area (Å²) in [5.74, 6) is 1.37. The van der Waals surface area contributed by atoms with E-state index in [1.165, 1.54) is 17.1 Å². The minimum atomic E-state index is -0.276. The summed E-state index contributed by atoms with van der Waals surface area (Å²) in [5, 5.41) is 20.2. The predicted octanol–water partition coefficient (Wildman–Crippen LogP) is 1.41. The van der Waals surface area contributed by atoms with Crippen molar-refractivity contribution < 1.29 is 9.47 Å². The maximum atomic E-state index is 12.6. The lowest BCUT2D eigenvalue weighted by Gasteiger charge is -2.21. The predicted molar refractivity (Wildman–Crippen MR) is 109 cm³/mol. The summed E-state index contributed by atoms with van der Waals surface area (Å²) < 4.78 is 14.0. The lowest BCUT2D eigenvalue weighted by molar-refractivity contribution is 0.183. The van der Waals surface area contributed by atoms with Gasteiger partial charge in [0.2, 0.25) is 0 Å². The van der Waals surface area contributed by atoms with E-state index >= 15 is 0 Å². The number of benzene rings is 1. The van der Waals surface area contributed by atoms with Gasteiger partial charge in [0.05, 0.1) is 32.1 Å². The molecule has 1 fully saturated rings. The lowest BCUT2D eigenvalue weighted by Crippen LogP contribution is -2.37. The smallest absolute Gasteiger partial charge is 0.267 e. The fourth-order valence-electron chi connectivity index (χ4n) is 3.52. The fourth-order valence-corrected chi connectivity index (χ4v) is 3.52. The van der Waals surface area contributed by atoms with Crippen LogP contribution in [0.4, 0.5) is 5.82 Å². The Balaban J connectivity index is 1.45. The number of nitrogens with one attached hydrogen (secondary N) is 1. The number of anilines is 1. The lowest BCUT2D eigenvalue weighted by atomic mass is 10.1. The topological polar surface area (TPSA) is 108 Å². The molecule has 0 radical (unpaired) electrons. The van der Waals surface area contributed by atoms with Gasteiger partial charge in [-0.1, -0.05) is 12.1 Å². The second-order valence-electron chi connectivity index (χ2n) is 6.94. The number of aromatic nitrogens is 6. The first-order valence-corrected chi connectivity index (χ1v) is 9.47. The van der Waals surface area contributed by atoms with E-state index in [-0.39, 0.29) is 17.6 Å². The van der Waals surface area contributed by atoms with Crippen LogP contribution in [-0.2, 0) is 4.74 Å². The monoisotopic (exact) mass is 405 g/mol. The van der Waals surface area contributed by atoms with Gasteiger partial charge in [0.15, 0.2) is 5.65 Å². The molecule has 1 saturated heterocycles. The summed E-state index contributed by atoms with van der Waals surface area (Å²) in [6.45, 7) is 0.811. The summed E-state index contributed by atoms with van der Waals surface area (Å²) in [7, 11) is 1.62. The van der Waals surface area contributed by atoms with Crippen LogP contribution in [0.15, 0.2) is 59.7 Å². The molecule has 152 valence electrons. The second kappa shape index (κ2) is 7.56. The normalized spacial score (nSPS) is 18.6. The molecule has 0 bridgehead atoms. The molecule has 3 aromatic heterocycles. The summed E-state index contributed by atoms with van der Waals surface area (Å²) >= 11 is 0. The fraction of sp³-hybridized carbons (Fsp3) is 0.250. The van der Waals surface area contributed by atoms with Crippen molar-refractivity contribution in [1.29, 1.82) is 0 Å². The molecule has 2 unspecified atom stereocenters. The molecular weight excluding hydrogens is 386 g/mol. The molecule has 1 aliphatic rings. The first-order valence-electron chi connectivity index (χ1n) is 9.47. The zero-order chi connectivity index (χ0) is 20.5. The van der Waals surface area contributed by atoms with Crippen LogP contribution < -0.4 is 15.6 Å². The summed E-state index contributed by atoms with van der Waals surface area (Å²) in [6, 6.07) is 14.0. The van der Waals surface area contributed by atoms with Crippen LogP contribution >= 0.6 is 0 Å². The molecular formula is C20H19N7O3. The quantitative estimate of drug-likeness (QED) is 0.531. The molecule has 0 aliphatic carbocycles. The highest BCUT2D eigenvalue weighted by Gasteiger charge is 2.32. The van der Waals surface area contributed by atoms with Crippen molar-refractivity contribution in [2.45, 2.75) is 12.1 Å². The first kappa shape index (κ1) is 18.3. The van der Waals surface area contributed by atoms with Crippen molar-refractivity contribution >= 4 is 11.5 Å². The third kappa shape index (κ3) is 3.37. The van der Waals surface area contributed by atoms with Crippen LogP contribution in [0.2, 0.25) is 0 Å². The standard InChI is InChI=1S/C20H19N7O3/c1-29-14-4-2-3-13(9-14)15-5-8-20(28)27(24-15)17-11-30-10-16(17)22-18-6-7-19-23-21-12-26(19)25-18/h2-9,12,16-17H,10-11H2,1H3,(H,22,25). The molecule has 10 nitrogen and oxygen atoms in total. The molecule has 30 heavy (non-hydrogen) atoms. The van der Waals surface area contributed by atoms with Gasteiger partial charge in [0, 0.05) is 11.6 Å². The highest BCUT2D eigenvalue weighted by molar-refractivity contribution is 5.60. The molecule has 0 saturated carbocycles. The van der Waals surface area contributed by atoms with Crippen LogP contribution in [0.5, 0.6) is 5.75 Å². The second-order valence-corrected chi connectivity index (χ2v) is 6.94. The van der Waals surface area contributed by atoms with Crippen molar-refractivity contribution in [2.75, 3.05) is 25.6 Å². The van der Waals surface area contributed by atoms with Gasteiger partial charge in [0.25, 0.3) is 5.56 Å². The van der Waals surface area contributed by atoms with Crippen molar-refractivity contribution in [2.24, 2.45) is 0 Å². The summed E-state index contributed by atoms with van der Waals surface area (Å²) in [4.78, 5) is 12.6. The summed E-state index contributed by atoms with van der Waals surface area (Å²) in [6.07, 6.45) is 1.53. The van der Waals surface area contributed by atoms with Gasteiger partial charge in [-0.2, -0.15) is 9.61 Å². The first-order chi connectivity index (χ1) is 14.7. The number of rotatable bonds is 5. The van der Waals surface area contributed by atoms with E-state index in [1.807, 2.05) is 36.4 Å². The molecule has 5 rings (SSSR count). The third-order valence-electron chi connectivity index (χ3n) is 5.05. The molecule has 1 N–H and O–H groups in total.